The third kappa shape index (κ3) is 6.29. The number of carbonyl (C=O) groups is 2. The van der Waals surface area contributed by atoms with Crippen LogP contribution >= 0.6 is 11.3 Å². The summed E-state index contributed by atoms with van der Waals surface area (Å²) in [4.78, 5) is 30.6. The molecule has 0 fully saturated rings. The van der Waals surface area contributed by atoms with Crippen LogP contribution in [0.4, 0.5) is 10.2 Å². The molecule has 0 saturated heterocycles. The van der Waals surface area contributed by atoms with Crippen LogP contribution in [-0.2, 0) is 0 Å². The lowest BCUT2D eigenvalue weighted by Gasteiger charge is -2.22. The quantitative estimate of drug-likeness (QED) is 0.242. The number of nitrogens with zero attached hydrogens (tertiary/aromatic N) is 2. The van der Waals surface area contributed by atoms with Crippen molar-refractivity contribution in [3.63, 3.8) is 0 Å². The van der Waals surface area contributed by atoms with Gasteiger partial charge in [-0.25, -0.2) is 9.37 Å². The molecule has 4 rings (SSSR count). The molecule has 0 spiro atoms. The van der Waals surface area contributed by atoms with Gasteiger partial charge in [0.2, 0.25) is 0 Å². The fourth-order valence-electron chi connectivity index (χ4n) is 3.73. The number of anilines is 1. The Labute approximate surface area is 228 Å². The zero-order chi connectivity index (χ0) is 28.2. The predicted octanol–water partition coefficient (Wildman–Crippen LogP) is 5.16. The van der Waals surface area contributed by atoms with E-state index >= 15 is 0 Å². The van der Waals surface area contributed by atoms with Gasteiger partial charge in [0.15, 0.2) is 5.82 Å². The highest BCUT2D eigenvalue weighted by Crippen LogP contribution is 2.36. The highest BCUT2D eigenvalue weighted by Gasteiger charge is 2.21. The van der Waals surface area contributed by atoms with Gasteiger partial charge in [0.1, 0.15) is 23.2 Å². The van der Waals surface area contributed by atoms with E-state index < -0.39 is 11.7 Å². The van der Waals surface area contributed by atoms with Crippen molar-refractivity contribution in [2.75, 3.05) is 18.4 Å². The van der Waals surface area contributed by atoms with Crippen molar-refractivity contribution in [2.24, 2.45) is 11.1 Å². The minimum Gasteiger partial charge on any atom is -0.507 e. The van der Waals surface area contributed by atoms with Crippen LogP contribution in [0.5, 0.6) is 5.75 Å². The van der Waals surface area contributed by atoms with Gasteiger partial charge >= 0.3 is 0 Å². The molecule has 198 valence electrons. The monoisotopic (exact) mass is 543 g/mol. The Hall–Kier alpha value is -4.59. The van der Waals surface area contributed by atoms with Gasteiger partial charge in [0.25, 0.3) is 11.8 Å². The second-order valence-electron chi connectivity index (χ2n) is 9.62. The second-order valence-corrected chi connectivity index (χ2v) is 10.6. The number of nitrogens with one attached hydrogen (secondary N) is 2. The molecule has 0 aliphatic heterocycles. The summed E-state index contributed by atoms with van der Waals surface area (Å²) in [6.07, 6.45) is 0. The first kappa shape index (κ1) is 27.4. The van der Waals surface area contributed by atoms with E-state index in [1.54, 1.807) is 47.8 Å². The summed E-state index contributed by atoms with van der Waals surface area (Å²) < 4.78 is 13.7. The first-order valence-electron chi connectivity index (χ1n) is 12.0. The SMILES string of the molecule is CC(C)(CN)CNC(=O)c1cccc(-c2cc(-c3ccc(F)cc3O)nc(NC(=O)c3cccs3)c2C#N)c1. The molecular formula is C29H26FN5O3S. The molecule has 4 aromatic rings. The normalized spacial score (nSPS) is 11.1. The molecule has 10 heteroatoms. The summed E-state index contributed by atoms with van der Waals surface area (Å²) in [5.41, 5.74) is 7.18. The van der Waals surface area contributed by atoms with Crippen LogP contribution in [0.2, 0.25) is 0 Å². The van der Waals surface area contributed by atoms with Gasteiger partial charge in [-0.15, -0.1) is 11.3 Å². The number of pyridine rings is 1. The number of aromatic hydroxyl groups is 1. The predicted molar refractivity (Wildman–Crippen MR) is 149 cm³/mol. The van der Waals surface area contributed by atoms with Crippen LogP contribution in [0.1, 0.15) is 39.4 Å². The summed E-state index contributed by atoms with van der Waals surface area (Å²) in [5, 5.41) is 27.8. The number of carbonyl (C=O) groups excluding carboxylic acids is 2. The minimum atomic E-state index is -0.632. The fraction of sp³-hybridized carbons (Fsp3) is 0.172. The number of rotatable bonds is 8. The van der Waals surface area contributed by atoms with Crippen molar-refractivity contribution in [1.29, 1.82) is 5.26 Å². The van der Waals surface area contributed by atoms with Crippen molar-refractivity contribution in [2.45, 2.75) is 13.8 Å². The highest BCUT2D eigenvalue weighted by atomic mass is 32.1. The maximum Gasteiger partial charge on any atom is 0.266 e. The second kappa shape index (κ2) is 11.4. The average Bonchev–Trinajstić information content (AvgIpc) is 3.47. The number of nitriles is 1. The summed E-state index contributed by atoms with van der Waals surface area (Å²) in [5.74, 6) is -1.80. The standard InChI is InChI=1S/C29H26FN5O3S/c1-29(2,15-32)16-33-27(37)18-6-3-5-17(11-18)21-13-23(20-9-8-19(30)12-24(20)36)34-26(22(21)14-31)35-28(38)25-7-4-10-39-25/h3-13,36H,15-16,32H2,1-2H3,(H,33,37)(H,34,35,38). The fourth-order valence-corrected chi connectivity index (χ4v) is 4.35. The van der Waals surface area contributed by atoms with E-state index in [9.17, 15) is 24.3 Å². The Morgan fingerprint density at radius 3 is 2.56 bits per heavy atom. The van der Waals surface area contributed by atoms with Crippen LogP contribution < -0.4 is 16.4 Å². The number of aromatic nitrogens is 1. The van der Waals surface area contributed by atoms with Gasteiger partial charge in [-0.3, -0.25) is 9.59 Å². The molecule has 0 aliphatic carbocycles. The van der Waals surface area contributed by atoms with Crippen LogP contribution in [0, 0.1) is 22.6 Å². The van der Waals surface area contributed by atoms with Gasteiger partial charge in [0, 0.05) is 29.3 Å². The maximum absolute atomic E-state index is 13.7. The molecule has 0 bridgehead atoms. The molecule has 2 aromatic carbocycles. The smallest absolute Gasteiger partial charge is 0.266 e. The van der Waals surface area contributed by atoms with E-state index in [0.29, 0.717) is 34.7 Å². The Balaban J connectivity index is 1.82. The van der Waals surface area contributed by atoms with Crippen molar-refractivity contribution in [3.8, 4) is 34.2 Å². The molecule has 2 aromatic heterocycles. The maximum atomic E-state index is 13.7. The first-order chi connectivity index (χ1) is 18.6. The Kier molecular flexibility index (Phi) is 8.04. The summed E-state index contributed by atoms with van der Waals surface area (Å²) in [6, 6.07) is 17.2. The number of hydrogen-bond acceptors (Lipinski definition) is 7. The van der Waals surface area contributed by atoms with Crippen LogP contribution in [-0.4, -0.2) is 35.0 Å². The number of amides is 2. The number of thiophene rings is 1. The number of benzene rings is 2. The van der Waals surface area contributed by atoms with Gasteiger partial charge < -0.3 is 21.5 Å². The zero-order valence-electron chi connectivity index (χ0n) is 21.3. The largest absolute Gasteiger partial charge is 0.507 e. The first-order valence-corrected chi connectivity index (χ1v) is 12.9. The highest BCUT2D eigenvalue weighted by molar-refractivity contribution is 7.12. The number of halogens is 1. The zero-order valence-corrected chi connectivity index (χ0v) is 22.1. The lowest BCUT2D eigenvalue weighted by atomic mass is 9.93. The van der Waals surface area contributed by atoms with Crippen molar-refractivity contribution in [1.82, 2.24) is 10.3 Å². The van der Waals surface area contributed by atoms with Crippen molar-refractivity contribution in [3.05, 3.63) is 87.9 Å². The third-order valence-electron chi connectivity index (χ3n) is 6.06. The lowest BCUT2D eigenvalue weighted by Crippen LogP contribution is -2.38. The van der Waals surface area contributed by atoms with Gasteiger partial charge in [0.05, 0.1) is 10.6 Å². The average molecular weight is 544 g/mol. The van der Waals surface area contributed by atoms with Crippen LogP contribution in [0.25, 0.3) is 22.4 Å². The van der Waals surface area contributed by atoms with Crippen molar-refractivity contribution >= 4 is 29.0 Å². The molecule has 0 unspecified atom stereocenters. The summed E-state index contributed by atoms with van der Waals surface area (Å²) in [6.45, 7) is 4.66. The molecule has 0 aliphatic rings. The lowest BCUT2D eigenvalue weighted by molar-refractivity contribution is 0.0937. The molecule has 0 radical (unpaired) electrons. The topological polar surface area (TPSA) is 141 Å². The molecule has 39 heavy (non-hydrogen) atoms. The number of phenolic OH excluding ortho intramolecular Hbond substituents is 1. The van der Waals surface area contributed by atoms with Gasteiger partial charge in [-0.05, 0) is 59.3 Å². The number of nitrogens with two attached hydrogens (primary N) is 1. The van der Waals surface area contributed by atoms with E-state index in [4.69, 9.17) is 5.73 Å². The third-order valence-corrected chi connectivity index (χ3v) is 6.93. The van der Waals surface area contributed by atoms with E-state index in [-0.39, 0.29) is 39.7 Å². The molecule has 2 amide bonds. The van der Waals surface area contributed by atoms with E-state index in [0.717, 1.165) is 6.07 Å². The molecule has 2 heterocycles. The van der Waals surface area contributed by atoms with Crippen molar-refractivity contribution < 1.29 is 19.1 Å². The number of phenols is 1. The molecule has 5 N–H and O–H groups in total. The Bertz CT molecular complexity index is 1580. The van der Waals surface area contributed by atoms with Crippen LogP contribution in [0.15, 0.2) is 66.0 Å². The van der Waals surface area contributed by atoms with E-state index in [2.05, 4.69) is 21.7 Å². The number of hydrogen-bond donors (Lipinski definition) is 4. The van der Waals surface area contributed by atoms with E-state index in [1.165, 1.54) is 23.5 Å². The summed E-state index contributed by atoms with van der Waals surface area (Å²) >= 11 is 1.23. The minimum absolute atomic E-state index is 0.0355. The Morgan fingerprint density at radius 1 is 1.10 bits per heavy atom. The molecule has 8 nitrogen and oxygen atoms in total. The molecular weight excluding hydrogens is 517 g/mol. The van der Waals surface area contributed by atoms with E-state index in [1.807, 2.05) is 13.8 Å². The van der Waals surface area contributed by atoms with Crippen LogP contribution in [0.3, 0.4) is 0 Å². The Morgan fingerprint density at radius 2 is 1.90 bits per heavy atom. The molecule has 0 saturated carbocycles. The summed E-state index contributed by atoms with van der Waals surface area (Å²) in [7, 11) is 0. The van der Waals surface area contributed by atoms with Gasteiger partial charge in [-0.1, -0.05) is 32.0 Å². The molecule has 0 atom stereocenters. The van der Waals surface area contributed by atoms with Gasteiger partial charge in [-0.2, -0.15) is 5.26 Å².